The van der Waals surface area contributed by atoms with Gasteiger partial charge < -0.3 is 5.32 Å². The summed E-state index contributed by atoms with van der Waals surface area (Å²) in [5.74, 6) is -0.198. The third-order valence-corrected chi connectivity index (χ3v) is 5.64. The smallest absolute Gasteiger partial charge is 0.307 e. The molecule has 2 aromatic rings. The van der Waals surface area contributed by atoms with Crippen molar-refractivity contribution in [3.05, 3.63) is 53.2 Å². The number of rotatable bonds is 2. The van der Waals surface area contributed by atoms with E-state index in [1.54, 1.807) is 19.1 Å². The number of para-hydroxylation sites is 1. The second-order valence-electron chi connectivity index (χ2n) is 6.54. The molecule has 1 aromatic heterocycles. The van der Waals surface area contributed by atoms with Crippen LogP contribution in [0.15, 0.2) is 46.4 Å². The Morgan fingerprint density at radius 2 is 1.96 bits per heavy atom. The Morgan fingerprint density at radius 3 is 2.70 bits per heavy atom. The molecule has 0 aliphatic carbocycles. The molecule has 0 saturated heterocycles. The van der Waals surface area contributed by atoms with Crippen LogP contribution in [0.5, 0.6) is 0 Å². The Morgan fingerprint density at radius 1 is 1.22 bits per heavy atom. The zero-order valence-corrected chi connectivity index (χ0v) is 16.0. The number of anilines is 1. The number of hydrogen-bond acceptors (Lipinski definition) is 5. The van der Waals surface area contributed by atoms with Gasteiger partial charge in [0.05, 0.1) is 5.71 Å². The molecular weight excluding hydrogens is 362 g/mol. The van der Waals surface area contributed by atoms with Crippen molar-refractivity contribution < 1.29 is 9.59 Å². The quantitative estimate of drug-likeness (QED) is 0.837. The molecule has 2 aliphatic rings. The van der Waals surface area contributed by atoms with E-state index in [2.05, 4.69) is 20.7 Å². The van der Waals surface area contributed by atoms with Crippen LogP contribution < -0.4 is 10.7 Å². The molecule has 2 aliphatic heterocycles. The molecule has 4 rings (SSSR count). The molecule has 2 unspecified atom stereocenters. The number of hydrazine groups is 1. The maximum absolute atomic E-state index is 13.0. The van der Waals surface area contributed by atoms with Gasteiger partial charge in [0.25, 0.3) is 5.91 Å². The van der Waals surface area contributed by atoms with Gasteiger partial charge in [0.1, 0.15) is 16.4 Å². The second-order valence-corrected chi connectivity index (χ2v) is 7.64. The number of hydrogen-bond donors (Lipinski definition) is 2. The molecule has 2 atom stereocenters. The fourth-order valence-electron chi connectivity index (χ4n) is 3.31. The van der Waals surface area contributed by atoms with E-state index in [1.165, 1.54) is 16.8 Å². The first-order chi connectivity index (χ1) is 12.9. The molecule has 3 amide bonds. The van der Waals surface area contributed by atoms with E-state index in [0.29, 0.717) is 5.69 Å². The highest BCUT2D eigenvalue weighted by Gasteiger charge is 2.44. The van der Waals surface area contributed by atoms with Crippen molar-refractivity contribution in [1.29, 1.82) is 0 Å². The molecule has 27 heavy (non-hydrogen) atoms. The monoisotopic (exact) mass is 381 g/mol. The molecule has 138 valence electrons. The predicted molar refractivity (Wildman–Crippen MR) is 105 cm³/mol. The van der Waals surface area contributed by atoms with Gasteiger partial charge in [0, 0.05) is 16.9 Å². The Labute approximate surface area is 161 Å². The topological polar surface area (TPSA) is 86.7 Å². The summed E-state index contributed by atoms with van der Waals surface area (Å²) in [5.41, 5.74) is 6.95. The van der Waals surface area contributed by atoms with Crippen molar-refractivity contribution in [3.8, 4) is 0 Å². The van der Waals surface area contributed by atoms with E-state index in [9.17, 15) is 9.59 Å². The molecule has 8 heteroatoms. The van der Waals surface area contributed by atoms with Crippen LogP contribution in [-0.4, -0.2) is 39.1 Å². The number of aromatic nitrogens is 1. The van der Waals surface area contributed by atoms with E-state index in [4.69, 9.17) is 0 Å². The van der Waals surface area contributed by atoms with Crippen molar-refractivity contribution >= 4 is 35.1 Å². The fraction of sp³-hybridized carbons (Fsp3) is 0.263. The van der Waals surface area contributed by atoms with Gasteiger partial charge in [-0.1, -0.05) is 30.0 Å². The predicted octanol–water partition coefficient (Wildman–Crippen LogP) is 2.89. The molecule has 3 heterocycles. The number of aryl methyl sites for hydroxylation is 2. The summed E-state index contributed by atoms with van der Waals surface area (Å²) in [5, 5.41) is 4.34. The van der Waals surface area contributed by atoms with Crippen LogP contribution in [0.1, 0.15) is 23.7 Å². The number of urea groups is 1. The number of carbonyl (C=O) groups excluding carboxylic acids is 2. The fourth-order valence-corrected chi connectivity index (χ4v) is 4.61. The first-order valence-corrected chi connectivity index (χ1v) is 9.50. The van der Waals surface area contributed by atoms with Crippen LogP contribution in [0, 0.1) is 13.8 Å². The minimum atomic E-state index is -0.502. The number of fused-ring (bicyclic) bond motifs is 3. The lowest BCUT2D eigenvalue weighted by atomic mass is 10.0. The highest BCUT2D eigenvalue weighted by atomic mass is 32.2. The highest BCUT2D eigenvalue weighted by molar-refractivity contribution is 8.02. The highest BCUT2D eigenvalue weighted by Crippen LogP contribution is 2.41. The summed E-state index contributed by atoms with van der Waals surface area (Å²) in [6, 6.07) is 10.6. The number of nitrogens with zero attached hydrogens (tertiary/aromatic N) is 3. The summed E-state index contributed by atoms with van der Waals surface area (Å²) in [6.07, 6.45) is -0.502. The van der Waals surface area contributed by atoms with Gasteiger partial charge in [-0.05, 0) is 44.5 Å². The number of amides is 3. The maximum Gasteiger partial charge on any atom is 0.338 e. The molecule has 2 N–H and O–H groups in total. The standard InChI is InChI=1S/C19H19N5O2S/c1-10-9-11(2)20-17-14(10)15-16(27-17)18(25)24(12(3)21-15)23-19(26)22-13-7-5-4-6-8-13/h4-9,12,16H,1-3H3,(H2,22,23,26). The van der Waals surface area contributed by atoms with Crippen molar-refractivity contribution in [2.45, 2.75) is 37.2 Å². The Balaban J connectivity index is 1.56. The third-order valence-electron chi connectivity index (χ3n) is 4.46. The molecule has 0 radical (unpaired) electrons. The largest absolute Gasteiger partial charge is 0.338 e. The summed E-state index contributed by atoms with van der Waals surface area (Å²) in [6.45, 7) is 5.72. The van der Waals surface area contributed by atoms with E-state index >= 15 is 0 Å². The van der Waals surface area contributed by atoms with Crippen LogP contribution in [-0.2, 0) is 4.79 Å². The average Bonchev–Trinajstić information content (AvgIpc) is 2.98. The third kappa shape index (κ3) is 3.16. The van der Waals surface area contributed by atoms with Crippen LogP contribution in [0.3, 0.4) is 0 Å². The lowest BCUT2D eigenvalue weighted by molar-refractivity contribution is -0.134. The molecule has 0 saturated carbocycles. The number of aliphatic imine (C=N–C) groups is 1. The Bertz CT molecular complexity index is 960. The van der Waals surface area contributed by atoms with E-state index in [1.807, 2.05) is 38.1 Å². The van der Waals surface area contributed by atoms with Crippen LogP contribution >= 0.6 is 11.8 Å². The minimum Gasteiger partial charge on any atom is -0.307 e. The van der Waals surface area contributed by atoms with Gasteiger partial charge >= 0.3 is 6.03 Å². The number of carbonyl (C=O) groups is 2. The lowest BCUT2D eigenvalue weighted by Crippen LogP contribution is -2.58. The molecular formula is C19H19N5O2S. The zero-order valence-electron chi connectivity index (χ0n) is 15.2. The van der Waals surface area contributed by atoms with Crippen molar-refractivity contribution in [1.82, 2.24) is 15.4 Å². The molecule has 7 nitrogen and oxygen atoms in total. The lowest BCUT2D eigenvalue weighted by Gasteiger charge is -2.33. The zero-order chi connectivity index (χ0) is 19.1. The number of thioether (sulfide) groups is 1. The van der Waals surface area contributed by atoms with Crippen LogP contribution in [0.25, 0.3) is 0 Å². The normalized spacial score (nSPS) is 20.6. The number of pyridine rings is 1. The first kappa shape index (κ1) is 17.5. The van der Waals surface area contributed by atoms with Gasteiger partial charge in [-0.15, -0.1) is 0 Å². The molecule has 0 spiro atoms. The van der Waals surface area contributed by atoms with Crippen molar-refractivity contribution in [2.24, 2.45) is 4.99 Å². The van der Waals surface area contributed by atoms with Crippen molar-refractivity contribution in [2.75, 3.05) is 5.32 Å². The first-order valence-electron chi connectivity index (χ1n) is 8.63. The second kappa shape index (κ2) is 6.70. The SMILES string of the molecule is Cc1cc(C)c2c(n1)SC1C(=O)N(NC(=O)Nc3ccccc3)C(C)N=C21. The summed E-state index contributed by atoms with van der Waals surface area (Å²) in [7, 11) is 0. The molecule has 0 fully saturated rings. The van der Waals surface area contributed by atoms with Gasteiger partial charge in [-0.3, -0.25) is 9.79 Å². The van der Waals surface area contributed by atoms with Crippen LogP contribution in [0.2, 0.25) is 0 Å². The van der Waals surface area contributed by atoms with E-state index in [0.717, 1.165) is 27.6 Å². The van der Waals surface area contributed by atoms with Gasteiger partial charge in [-0.2, -0.15) is 0 Å². The van der Waals surface area contributed by atoms with Crippen LogP contribution in [0.4, 0.5) is 10.5 Å². The van der Waals surface area contributed by atoms with Crippen molar-refractivity contribution in [3.63, 3.8) is 0 Å². The van der Waals surface area contributed by atoms with Gasteiger partial charge in [-0.25, -0.2) is 20.2 Å². The Hall–Kier alpha value is -2.87. The number of nitrogens with one attached hydrogen (secondary N) is 2. The molecule has 1 aromatic carbocycles. The van der Waals surface area contributed by atoms with E-state index < -0.39 is 17.4 Å². The van der Waals surface area contributed by atoms with Gasteiger partial charge in [0.2, 0.25) is 0 Å². The maximum atomic E-state index is 13.0. The molecule has 0 bridgehead atoms. The summed E-state index contributed by atoms with van der Waals surface area (Å²) in [4.78, 5) is 34.6. The summed E-state index contributed by atoms with van der Waals surface area (Å²) >= 11 is 1.39. The number of benzene rings is 1. The van der Waals surface area contributed by atoms with E-state index in [-0.39, 0.29) is 5.91 Å². The van der Waals surface area contributed by atoms with Gasteiger partial charge in [0.15, 0.2) is 0 Å². The summed E-state index contributed by atoms with van der Waals surface area (Å²) < 4.78 is 0. The minimum absolute atomic E-state index is 0.198. The Kier molecular flexibility index (Phi) is 4.35. The average molecular weight is 381 g/mol.